The predicted molar refractivity (Wildman–Crippen MR) is 115 cm³/mol. The van der Waals surface area contributed by atoms with Gasteiger partial charge in [0.05, 0.1) is 7.11 Å². The molecule has 2 heterocycles. The molecule has 1 fully saturated rings. The van der Waals surface area contributed by atoms with Crippen molar-refractivity contribution >= 4 is 17.5 Å². The molecular weight excluding hydrogens is 404 g/mol. The Kier molecular flexibility index (Phi) is 6.65. The fourth-order valence-electron chi connectivity index (χ4n) is 4.03. The number of hydrogen-bond donors (Lipinski definition) is 1. The lowest BCUT2D eigenvalue weighted by atomic mass is 10.1. The number of carbonyl (C=O) groups excluding carboxylic acids is 1. The van der Waals surface area contributed by atoms with Gasteiger partial charge in [-0.15, -0.1) is 0 Å². The van der Waals surface area contributed by atoms with Crippen LogP contribution in [-0.4, -0.2) is 43.8 Å². The average molecular weight is 431 g/mol. The van der Waals surface area contributed by atoms with Gasteiger partial charge in [-0.25, -0.2) is 0 Å². The molecule has 1 amide bonds. The Labute approximate surface area is 182 Å². The van der Waals surface area contributed by atoms with Gasteiger partial charge >= 0.3 is 0 Å². The summed E-state index contributed by atoms with van der Waals surface area (Å²) in [4.78, 5) is 14.4. The summed E-state index contributed by atoms with van der Waals surface area (Å²) in [6.45, 7) is 2.47. The van der Waals surface area contributed by atoms with Crippen LogP contribution >= 0.6 is 11.6 Å². The molecule has 1 unspecified atom stereocenters. The monoisotopic (exact) mass is 430 g/mol. The van der Waals surface area contributed by atoms with Crippen LogP contribution in [0.3, 0.4) is 0 Å². The molecule has 0 aliphatic carbocycles. The fraction of sp³-hybridized carbons (Fsp3) is 0.435. The van der Waals surface area contributed by atoms with E-state index in [2.05, 4.69) is 17.4 Å². The normalized spacial score (nSPS) is 17.6. The molecule has 0 saturated carbocycles. The summed E-state index contributed by atoms with van der Waals surface area (Å²) in [6.07, 6.45) is 3.35. The van der Waals surface area contributed by atoms with E-state index in [1.807, 2.05) is 23.1 Å². The van der Waals surface area contributed by atoms with Crippen molar-refractivity contribution in [2.24, 2.45) is 0 Å². The first-order chi connectivity index (χ1) is 14.6. The van der Waals surface area contributed by atoms with Crippen LogP contribution in [0.1, 0.15) is 30.4 Å². The van der Waals surface area contributed by atoms with Crippen molar-refractivity contribution < 1.29 is 19.0 Å². The first-order valence-electron chi connectivity index (χ1n) is 10.3. The smallest absolute Gasteiger partial charge is 0.231 e. The number of benzene rings is 2. The zero-order valence-corrected chi connectivity index (χ0v) is 17.9. The number of nitrogens with zero attached hydrogens (tertiary/aromatic N) is 1. The van der Waals surface area contributed by atoms with Crippen LogP contribution in [0.15, 0.2) is 36.4 Å². The highest BCUT2D eigenvalue weighted by molar-refractivity contribution is 6.31. The first-order valence-corrected chi connectivity index (χ1v) is 10.7. The maximum Gasteiger partial charge on any atom is 0.231 e. The lowest BCUT2D eigenvalue weighted by Gasteiger charge is -2.25. The predicted octanol–water partition coefficient (Wildman–Crippen LogP) is 3.79. The number of halogens is 1. The van der Waals surface area contributed by atoms with Gasteiger partial charge in [0.15, 0.2) is 11.5 Å². The second-order valence-electron chi connectivity index (χ2n) is 7.64. The van der Waals surface area contributed by atoms with Crippen LogP contribution in [0.4, 0.5) is 0 Å². The average Bonchev–Trinajstić information content (AvgIpc) is 3.35. The third kappa shape index (κ3) is 4.82. The maximum absolute atomic E-state index is 12.4. The Balaban J connectivity index is 1.25. The molecule has 2 aromatic rings. The number of rotatable bonds is 9. The first kappa shape index (κ1) is 20.8. The molecule has 2 aromatic carbocycles. The van der Waals surface area contributed by atoms with E-state index in [1.54, 1.807) is 13.2 Å². The third-order valence-electron chi connectivity index (χ3n) is 5.76. The molecule has 4 rings (SSSR count). The Morgan fingerprint density at radius 3 is 2.73 bits per heavy atom. The molecule has 6 nitrogen and oxygen atoms in total. The number of hydrogen-bond acceptors (Lipinski definition) is 5. The zero-order valence-electron chi connectivity index (χ0n) is 17.2. The summed E-state index contributed by atoms with van der Waals surface area (Å²) in [5.74, 6) is 2.54. The van der Waals surface area contributed by atoms with Crippen molar-refractivity contribution in [3.05, 3.63) is 52.5 Å². The van der Waals surface area contributed by atoms with Gasteiger partial charge in [-0.2, -0.15) is 0 Å². The lowest BCUT2D eigenvalue weighted by molar-refractivity contribution is -0.129. The molecule has 2 aliphatic heterocycles. The Bertz CT molecular complexity index is 888. The Morgan fingerprint density at radius 2 is 1.97 bits per heavy atom. The standard InChI is InChI=1S/C23H27ClN2O4/c1-28-19-5-2-16(3-6-19)9-11-26-18(4-7-23(26)27)8-10-25-14-17-12-21-22(13-20(17)24)30-15-29-21/h2-3,5-6,12-13,18,25H,4,7-11,14-15H2,1H3. The molecule has 0 spiro atoms. The third-order valence-corrected chi connectivity index (χ3v) is 6.12. The molecule has 0 radical (unpaired) electrons. The van der Waals surface area contributed by atoms with E-state index < -0.39 is 0 Å². The summed E-state index contributed by atoms with van der Waals surface area (Å²) >= 11 is 6.34. The number of ether oxygens (including phenoxy) is 3. The molecule has 7 heteroatoms. The fourth-order valence-corrected chi connectivity index (χ4v) is 4.25. The quantitative estimate of drug-likeness (QED) is 0.613. The molecule has 1 atom stereocenters. The SMILES string of the molecule is COc1ccc(CCN2C(=O)CCC2CCNCc2cc3c(cc2Cl)OCO3)cc1. The van der Waals surface area contributed by atoms with Gasteiger partial charge in [-0.1, -0.05) is 23.7 Å². The van der Waals surface area contributed by atoms with Gasteiger partial charge < -0.3 is 24.4 Å². The Morgan fingerprint density at radius 1 is 1.20 bits per heavy atom. The minimum Gasteiger partial charge on any atom is -0.497 e. The molecule has 0 bridgehead atoms. The van der Waals surface area contributed by atoms with Crippen molar-refractivity contribution in [3.63, 3.8) is 0 Å². The van der Waals surface area contributed by atoms with Gasteiger partial charge in [0.25, 0.3) is 0 Å². The second-order valence-corrected chi connectivity index (χ2v) is 8.05. The van der Waals surface area contributed by atoms with Crippen LogP contribution in [0, 0.1) is 0 Å². The molecule has 0 aromatic heterocycles. The minimum atomic E-state index is 0.241. The maximum atomic E-state index is 12.4. The van der Waals surface area contributed by atoms with E-state index >= 15 is 0 Å². The highest BCUT2D eigenvalue weighted by Gasteiger charge is 2.30. The zero-order chi connectivity index (χ0) is 20.9. The lowest BCUT2D eigenvalue weighted by Crippen LogP contribution is -2.36. The van der Waals surface area contributed by atoms with Crippen LogP contribution in [-0.2, 0) is 17.8 Å². The van der Waals surface area contributed by atoms with Gasteiger partial charge in [0.1, 0.15) is 5.75 Å². The van der Waals surface area contributed by atoms with Gasteiger partial charge in [-0.05, 0) is 55.1 Å². The molecule has 30 heavy (non-hydrogen) atoms. The number of amides is 1. The number of methoxy groups -OCH3 is 1. The summed E-state index contributed by atoms with van der Waals surface area (Å²) in [5, 5.41) is 4.12. The molecule has 1 saturated heterocycles. The summed E-state index contributed by atoms with van der Waals surface area (Å²) in [6, 6.07) is 12.1. The summed E-state index contributed by atoms with van der Waals surface area (Å²) in [5.41, 5.74) is 2.20. The van der Waals surface area contributed by atoms with E-state index in [4.69, 9.17) is 25.8 Å². The number of carbonyl (C=O) groups is 1. The minimum absolute atomic E-state index is 0.241. The van der Waals surface area contributed by atoms with E-state index in [-0.39, 0.29) is 18.7 Å². The largest absolute Gasteiger partial charge is 0.497 e. The van der Waals surface area contributed by atoms with E-state index in [0.29, 0.717) is 23.7 Å². The van der Waals surface area contributed by atoms with Crippen LogP contribution in [0.2, 0.25) is 5.02 Å². The van der Waals surface area contributed by atoms with Crippen molar-refractivity contribution in [3.8, 4) is 17.2 Å². The molecular formula is C23H27ClN2O4. The summed E-state index contributed by atoms with van der Waals surface area (Å²) in [7, 11) is 1.66. The molecule has 1 N–H and O–H groups in total. The van der Waals surface area contributed by atoms with Crippen molar-refractivity contribution in [1.29, 1.82) is 0 Å². The van der Waals surface area contributed by atoms with E-state index in [9.17, 15) is 4.79 Å². The second kappa shape index (κ2) is 9.58. The van der Waals surface area contributed by atoms with Gasteiger partial charge in [0.2, 0.25) is 12.7 Å². The summed E-state index contributed by atoms with van der Waals surface area (Å²) < 4.78 is 16.0. The van der Waals surface area contributed by atoms with Crippen molar-refractivity contribution in [2.75, 3.05) is 27.0 Å². The van der Waals surface area contributed by atoms with Crippen molar-refractivity contribution in [2.45, 2.75) is 38.3 Å². The number of nitrogens with one attached hydrogen (secondary N) is 1. The van der Waals surface area contributed by atoms with E-state index in [0.717, 1.165) is 49.4 Å². The van der Waals surface area contributed by atoms with E-state index in [1.165, 1.54) is 5.56 Å². The number of fused-ring (bicyclic) bond motifs is 1. The highest BCUT2D eigenvalue weighted by atomic mass is 35.5. The Hall–Kier alpha value is -2.44. The number of likely N-dealkylation sites (tertiary alicyclic amines) is 1. The van der Waals surface area contributed by atoms with Gasteiger partial charge in [-0.3, -0.25) is 4.79 Å². The topological polar surface area (TPSA) is 60.0 Å². The molecule has 160 valence electrons. The van der Waals surface area contributed by atoms with Crippen LogP contribution in [0.5, 0.6) is 17.2 Å². The van der Waals surface area contributed by atoms with Crippen LogP contribution in [0.25, 0.3) is 0 Å². The molecule has 2 aliphatic rings. The highest BCUT2D eigenvalue weighted by Crippen LogP contribution is 2.36. The van der Waals surface area contributed by atoms with Crippen LogP contribution < -0.4 is 19.5 Å². The van der Waals surface area contributed by atoms with Gasteiger partial charge in [0, 0.05) is 36.6 Å². The van der Waals surface area contributed by atoms with Crippen molar-refractivity contribution in [1.82, 2.24) is 10.2 Å².